The SMILES string of the molecule is O=C(Oc1c(F)c(F)c(OC(=O)c2ccc(F)c(F)c2)c2cc3ccccc3cc12)c1ccc(F)c(F)c1. The molecule has 0 fully saturated rings. The molecule has 0 N–H and O–H groups in total. The van der Waals surface area contributed by atoms with Gasteiger partial charge in [0.25, 0.3) is 0 Å². The van der Waals surface area contributed by atoms with Gasteiger partial charge >= 0.3 is 11.9 Å². The molecule has 0 aromatic heterocycles. The van der Waals surface area contributed by atoms with E-state index in [-0.39, 0.29) is 10.8 Å². The summed E-state index contributed by atoms with van der Waals surface area (Å²) in [6.45, 7) is 0. The summed E-state index contributed by atoms with van der Waals surface area (Å²) in [5.41, 5.74) is -0.960. The molecule has 38 heavy (non-hydrogen) atoms. The molecule has 5 aromatic carbocycles. The predicted octanol–water partition coefficient (Wildman–Crippen LogP) is 7.27. The van der Waals surface area contributed by atoms with Gasteiger partial charge in [0.1, 0.15) is 0 Å². The zero-order valence-electron chi connectivity index (χ0n) is 18.8. The van der Waals surface area contributed by atoms with Crippen molar-refractivity contribution in [2.75, 3.05) is 0 Å². The average Bonchev–Trinajstić information content (AvgIpc) is 2.91. The third-order valence-corrected chi connectivity index (χ3v) is 5.67. The lowest BCUT2D eigenvalue weighted by atomic mass is 10.0. The van der Waals surface area contributed by atoms with Crippen LogP contribution in [0.4, 0.5) is 26.3 Å². The minimum absolute atomic E-state index is 0.202. The Kier molecular flexibility index (Phi) is 6.23. The van der Waals surface area contributed by atoms with Gasteiger partial charge in [-0.05, 0) is 59.3 Å². The molecule has 0 spiro atoms. The highest BCUT2D eigenvalue weighted by molar-refractivity contribution is 6.06. The highest BCUT2D eigenvalue weighted by Crippen LogP contribution is 2.41. The van der Waals surface area contributed by atoms with Gasteiger partial charge in [0.2, 0.25) is 11.6 Å². The molecule has 0 saturated heterocycles. The normalized spacial score (nSPS) is 11.1. The minimum atomic E-state index is -1.73. The first kappa shape index (κ1) is 24.8. The maximum atomic E-state index is 15.3. The molecule has 0 heterocycles. The third kappa shape index (κ3) is 4.40. The standard InChI is InChI=1S/C28H12F6O4/c29-19-7-5-15(11-21(19)31)27(35)37-25-17-9-13-3-1-2-4-14(13)10-18(17)26(24(34)23(25)33)38-28(36)16-6-8-20(30)22(32)12-16/h1-12H. The highest BCUT2D eigenvalue weighted by Gasteiger charge is 2.27. The monoisotopic (exact) mass is 526 g/mol. The van der Waals surface area contributed by atoms with Crippen molar-refractivity contribution >= 4 is 33.5 Å². The van der Waals surface area contributed by atoms with Crippen LogP contribution in [0.15, 0.2) is 72.8 Å². The first-order valence-corrected chi connectivity index (χ1v) is 10.8. The molecule has 0 aliphatic rings. The first-order chi connectivity index (χ1) is 18.1. The van der Waals surface area contributed by atoms with Crippen molar-refractivity contribution in [1.82, 2.24) is 0 Å². The molecule has 0 bridgehead atoms. The Bertz CT molecular complexity index is 1650. The molecule has 5 aromatic rings. The van der Waals surface area contributed by atoms with Crippen molar-refractivity contribution in [3.8, 4) is 11.5 Å². The molecule has 0 atom stereocenters. The van der Waals surface area contributed by atoms with E-state index in [9.17, 15) is 27.2 Å². The quantitative estimate of drug-likeness (QED) is 0.107. The van der Waals surface area contributed by atoms with Crippen LogP contribution in [0.3, 0.4) is 0 Å². The number of ether oxygens (including phenoxy) is 2. The van der Waals surface area contributed by atoms with Crippen LogP contribution in [0, 0.1) is 34.9 Å². The number of hydrogen-bond acceptors (Lipinski definition) is 4. The van der Waals surface area contributed by atoms with Crippen LogP contribution in [0.1, 0.15) is 20.7 Å². The summed E-state index contributed by atoms with van der Waals surface area (Å²) >= 11 is 0. The lowest BCUT2D eigenvalue weighted by Gasteiger charge is -2.15. The molecule has 0 amide bonds. The van der Waals surface area contributed by atoms with Gasteiger partial charge in [-0.2, -0.15) is 8.78 Å². The van der Waals surface area contributed by atoms with E-state index in [0.717, 1.165) is 12.1 Å². The van der Waals surface area contributed by atoms with Crippen LogP contribution < -0.4 is 9.47 Å². The van der Waals surface area contributed by atoms with Gasteiger partial charge in [-0.3, -0.25) is 0 Å². The van der Waals surface area contributed by atoms with Crippen LogP contribution >= 0.6 is 0 Å². The number of esters is 2. The summed E-state index contributed by atoms with van der Waals surface area (Å²) < 4.78 is 94.4. The van der Waals surface area contributed by atoms with Gasteiger partial charge in [-0.25, -0.2) is 27.2 Å². The zero-order valence-corrected chi connectivity index (χ0v) is 18.8. The minimum Gasteiger partial charge on any atom is -0.419 e. The summed E-state index contributed by atoms with van der Waals surface area (Å²) in [6, 6.07) is 13.4. The largest absolute Gasteiger partial charge is 0.419 e. The number of fused-ring (bicyclic) bond motifs is 2. The fourth-order valence-corrected chi connectivity index (χ4v) is 3.80. The third-order valence-electron chi connectivity index (χ3n) is 5.67. The summed E-state index contributed by atoms with van der Waals surface area (Å²) in [7, 11) is 0. The van der Waals surface area contributed by atoms with Gasteiger partial charge in [-0.15, -0.1) is 0 Å². The Morgan fingerprint density at radius 3 is 1.26 bits per heavy atom. The fraction of sp³-hybridized carbons (Fsp3) is 0. The van der Waals surface area contributed by atoms with E-state index in [1.165, 1.54) is 12.1 Å². The number of benzene rings is 5. The average molecular weight is 526 g/mol. The molecule has 190 valence electrons. The van der Waals surface area contributed by atoms with Gasteiger partial charge < -0.3 is 9.47 Å². The summed E-state index contributed by atoms with van der Waals surface area (Å²) in [6.07, 6.45) is 0. The van der Waals surface area contributed by atoms with Crippen LogP contribution in [0.2, 0.25) is 0 Å². The molecule has 4 nitrogen and oxygen atoms in total. The van der Waals surface area contributed by atoms with Crippen LogP contribution in [-0.2, 0) is 0 Å². The lowest BCUT2D eigenvalue weighted by Crippen LogP contribution is -2.14. The smallest absolute Gasteiger partial charge is 0.343 e. The lowest BCUT2D eigenvalue weighted by molar-refractivity contribution is 0.0710. The predicted molar refractivity (Wildman–Crippen MR) is 124 cm³/mol. The first-order valence-electron chi connectivity index (χ1n) is 10.8. The molecule has 10 heteroatoms. The van der Waals surface area contributed by atoms with Crippen molar-refractivity contribution < 1.29 is 45.4 Å². The highest BCUT2D eigenvalue weighted by atomic mass is 19.2. The number of carbonyl (C=O) groups is 2. The van der Waals surface area contributed by atoms with E-state index < -0.39 is 69.5 Å². The molecular formula is C28H12F6O4. The summed E-state index contributed by atoms with van der Waals surface area (Å²) in [5, 5.41) is 0.612. The Hall–Kier alpha value is -4.86. The molecular weight excluding hydrogens is 514 g/mol. The van der Waals surface area contributed by atoms with Crippen molar-refractivity contribution in [1.29, 1.82) is 0 Å². The van der Waals surface area contributed by atoms with Gasteiger partial charge in [-0.1, -0.05) is 24.3 Å². The second kappa shape index (κ2) is 9.55. The molecule has 0 unspecified atom stereocenters. The van der Waals surface area contributed by atoms with Crippen LogP contribution in [-0.4, -0.2) is 11.9 Å². The van der Waals surface area contributed by atoms with E-state index in [1.54, 1.807) is 24.3 Å². The van der Waals surface area contributed by atoms with Gasteiger partial charge in [0.15, 0.2) is 34.8 Å². The maximum absolute atomic E-state index is 15.3. The van der Waals surface area contributed by atoms with Crippen molar-refractivity contribution in [2.45, 2.75) is 0 Å². The maximum Gasteiger partial charge on any atom is 0.343 e. The van der Waals surface area contributed by atoms with Crippen LogP contribution in [0.25, 0.3) is 21.5 Å². The van der Waals surface area contributed by atoms with E-state index in [2.05, 4.69) is 0 Å². The second-order valence-electron chi connectivity index (χ2n) is 8.07. The van der Waals surface area contributed by atoms with Crippen molar-refractivity contribution in [2.24, 2.45) is 0 Å². The Morgan fingerprint density at radius 1 is 0.500 bits per heavy atom. The number of carbonyl (C=O) groups excluding carboxylic acids is 2. The van der Waals surface area contributed by atoms with E-state index in [1.807, 2.05) is 0 Å². The van der Waals surface area contributed by atoms with E-state index >= 15 is 8.78 Å². The number of hydrogen-bond donors (Lipinski definition) is 0. The van der Waals surface area contributed by atoms with E-state index in [0.29, 0.717) is 35.0 Å². The van der Waals surface area contributed by atoms with Crippen LogP contribution in [0.5, 0.6) is 11.5 Å². The fourth-order valence-electron chi connectivity index (χ4n) is 3.80. The second-order valence-corrected chi connectivity index (χ2v) is 8.07. The Balaban J connectivity index is 1.66. The van der Waals surface area contributed by atoms with Crippen molar-refractivity contribution in [3.05, 3.63) is 119 Å². The molecule has 0 saturated carbocycles. The van der Waals surface area contributed by atoms with E-state index in [4.69, 9.17) is 9.47 Å². The molecule has 5 rings (SSSR count). The van der Waals surface area contributed by atoms with Crippen molar-refractivity contribution in [3.63, 3.8) is 0 Å². The number of halogens is 6. The molecule has 0 radical (unpaired) electrons. The molecule has 0 aliphatic carbocycles. The number of rotatable bonds is 4. The Labute approximate surface area is 209 Å². The van der Waals surface area contributed by atoms with Gasteiger partial charge in [0, 0.05) is 10.8 Å². The summed E-state index contributed by atoms with van der Waals surface area (Å²) in [4.78, 5) is 25.2. The topological polar surface area (TPSA) is 52.6 Å². The zero-order chi connectivity index (χ0) is 27.1. The van der Waals surface area contributed by atoms with Gasteiger partial charge in [0.05, 0.1) is 11.1 Å². The summed E-state index contributed by atoms with van der Waals surface area (Å²) in [5.74, 6) is -13.1. The molecule has 0 aliphatic heterocycles. The Morgan fingerprint density at radius 2 is 0.895 bits per heavy atom.